The summed E-state index contributed by atoms with van der Waals surface area (Å²) in [5.41, 5.74) is 5.95. The van der Waals surface area contributed by atoms with Gasteiger partial charge in [-0.3, -0.25) is 0 Å². The van der Waals surface area contributed by atoms with Crippen LogP contribution in [0.5, 0.6) is 17.2 Å². The van der Waals surface area contributed by atoms with E-state index in [1.807, 2.05) is 44.2 Å². The molecule has 2 heterocycles. The summed E-state index contributed by atoms with van der Waals surface area (Å²) >= 11 is 0. The van der Waals surface area contributed by atoms with Crippen molar-refractivity contribution in [2.45, 2.75) is 44.4 Å². The molecule has 168 valence electrons. The zero-order valence-electron chi connectivity index (χ0n) is 19.0. The molecule has 0 saturated carbocycles. The van der Waals surface area contributed by atoms with Gasteiger partial charge in [0.05, 0.1) is 5.60 Å². The standard InChI is InChI=1S/C25H28N2O5/c1-23(2,28)14-30-17-7-9-21-19(13-17)25(15-31-22(26)27-25)18-12-16(6-8-20(18)32-21)10-11-24(3,4)29-5/h6-9,12-13,28H,14-15H2,1-5H3,(H2,26,27)/t25-/m0/s1. The number of hydrogen-bond acceptors (Lipinski definition) is 7. The largest absolute Gasteiger partial charge is 0.491 e. The Hall–Kier alpha value is -3.21. The Morgan fingerprint density at radius 3 is 2.44 bits per heavy atom. The second-order valence-electron chi connectivity index (χ2n) is 9.14. The van der Waals surface area contributed by atoms with Gasteiger partial charge < -0.3 is 29.8 Å². The van der Waals surface area contributed by atoms with E-state index in [1.165, 1.54) is 0 Å². The molecule has 2 aliphatic heterocycles. The fourth-order valence-corrected chi connectivity index (χ4v) is 3.54. The van der Waals surface area contributed by atoms with Crippen LogP contribution in [0.25, 0.3) is 0 Å². The highest BCUT2D eigenvalue weighted by Gasteiger charge is 2.47. The second-order valence-corrected chi connectivity index (χ2v) is 9.14. The summed E-state index contributed by atoms with van der Waals surface area (Å²) in [6, 6.07) is 11.3. The Labute approximate surface area is 188 Å². The van der Waals surface area contributed by atoms with E-state index in [-0.39, 0.29) is 19.2 Å². The number of aliphatic hydroxyl groups is 1. The van der Waals surface area contributed by atoms with Crippen molar-refractivity contribution in [2.24, 2.45) is 10.7 Å². The summed E-state index contributed by atoms with van der Waals surface area (Å²) in [5.74, 6) is 8.21. The third-order valence-corrected chi connectivity index (χ3v) is 5.38. The molecular formula is C25H28N2O5. The molecule has 7 heteroatoms. The number of aliphatic imine (C=N–C) groups is 1. The first kappa shape index (κ1) is 22.0. The maximum absolute atomic E-state index is 10.0. The Morgan fingerprint density at radius 2 is 1.81 bits per heavy atom. The maximum atomic E-state index is 10.0. The van der Waals surface area contributed by atoms with Crippen molar-refractivity contribution in [3.8, 4) is 29.1 Å². The molecule has 3 N–H and O–H groups in total. The van der Waals surface area contributed by atoms with E-state index in [9.17, 15) is 5.11 Å². The highest BCUT2D eigenvalue weighted by Crippen LogP contribution is 2.51. The molecule has 1 atom stereocenters. The number of fused-ring (bicyclic) bond motifs is 4. The van der Waals surface area contributed by atoms with Crippen LogP contribution in [0.4, 0.5) is 0 Å². The van der Waals surface area contributed by atoms with Gasteiger partial charge in [-0.1, -0.05) is 11.8 Å². The van der Waals surface area contributed by atoms with Crippen molar-refractivity contribution in [1.82, 2.24) is 0 Å². The van der Waals surface area contributed by atoms with Gasteiger partial charge in [0.2, 0.25) is 0 Å². The van der Waals surface area contributed by atoms with Crippen LogP contribution in [-0.4, -0.2) is 42.7 Å². The highest BCUT2D eigenvalue weighted by molar-refractivity contribution is 5.77. The van der Waals surface area contributed by atoms with Crippen molar-refractivity contribution in [2.75, 3.05) is 20.3 Å². The third kappa shape index (κ3) is 4.24. The minimum Gasteiger partial charge on any atom is -0.491 e. The molecule has 0 fully saturated rings. The van der Waals surface area contributed by atoms with Crippen molar-refractivity contribution in [1.29, 1.82) is 0 Å². The summed E-state index contributed by atoms with van der Waals surface area (Å²) in [6.07, 6.45) is 0. The van der Waals surface area contributed by atoms with Gasteiger partial charge in [-0.15, -0.1) is 0 Å². The van der Waals surface area contributed by atoms with Gasteiger partial charge in [0.1, 0.15) is 36.1 Å². The van der Waals surface area contributed by atoms with Gasteiger partial charge in [-0.2, -0.15) is 0 Å². The summed E-state index contributed by atoms with van der Waals surface area (Å²) in [7, 11) is 1.63. The van der Waals surface area contributed by atoms with Crippen molar-refractivity contribution < 1.29 is 24.1 Å². The van der Waals surface area contributed by atoms with Crippen LogP contribution in [0.15, 0.2) is 41.4 Å². The second kappa shape index (κ2) is 7.73. The SMILES string of the molecule is COC(C)(C)C#Cc1ccc2c(c1)[C@@]1(COC(N)=N1)c1cc(OCC(C)(C)O)ccc1O2. The minimum atomic E-state index is -0.959. The zero-order chi connectivity index (χ0) is 23.1. The lowest BCUT2D eigenvalue weighted by Crippen LogP contribution is -2.31. The van der Waals surface area contributed by atoms with E-state index < -0.39 is 16.7 Å². The number of nitrogens with two attached hydrogens (primary N) is 1. The Balaban J connectivity index is 1.79. The number of benzene rings is 2. The molecule has 0 bridgehead atoms. The molecule has 0 unspecified atom stereocenters. The number of nitrogens with zero attached hydrogens (tertiary/aromatic N) is 1. The monoisotopic (exact) mass is 436 g/mol. The first-order chi connectivity index (χ1) is 15.0. The van der Waals surface area contributed by atoms with Crippen molar-refractivity contribution in [3.05, 3.63) is 53.1 Å². The number of hydrogen-bond donors (Lipinski definition) is 2. The fourth-order valence-electron chi connectivity index (χ4n) is 3.54. The zero-order valence-corrected chi connectivity index (χ0v) is 19.0. The molecule has 0 aromatic heterocycles. The van der Waals surface area contributed by atoms with E-state index in [4.69, 9.17) is 29.7 Å². The van der Waals surface area contributed by atoms with E-state index in [0.29, 0.717) is 17.2 Å². The van der Waals surface area contributed by atoms with Gasteiger partial charge in [0.25, 0.3) is 6.02 Å². The van der Waals surface area contributed by atoms with Gasteiger partial charge in [-0.25, -0.2) is 4.99 Å². The average Bonchev–Trinajstić information content (AvgIpc) is 3.13. The molecule has 0 amide bonds. The number of amidine groups is 1. The smallest absolute Gasteiger partial charge is 0.283 e. The molecule has 0 saturated heterocycles. The highest BCUT2D eigenvalue weighted by atomic mass is 16.5. The normalized spacial score (nSPS) is 19.1. The number of rotatable bonds is 4. The Morgan fingerprint density at radius 1 is 1.12 bits per heavy atom. The minimum absolute atomic E-state index is 0.114. The quantitative estimate of drug-likeness (QED) is 0.714. The predicted octanol–water partition coefficient (Wildman–Crippen LogP) is 3.31. The number of ether oxygens (including phenoxy) is 4. The maximum Gasteiger partial charge on any atom is 0.283 e. The molecule has 2 aromatic rings. The lowest BCUT2D eigenvalue weighted by Gasteiger charge is -2.33. The summed E-state index contributed by atoms with van der Waals surface area (Å²) in [6.45, 7) is 7.57. The van der Waals surface area contributed by atoms with Crippen LogP contribution in [0.1, 0.15) is 44.4 Å². The summed E-state index contributed by atoms with van der Waals surface area (Å²) in [4.78, 5) is 4.69. The van der Waals surface area contributed by atoms with Crippen molar-refractivity contribution >= 4 is 6.02 Å². The lowest BCUT2D eigenvalue weighted by molar-refractivity contribution is 0.0284. The van der Waals surface area contributed by atoms with Crippen LogP contribution in [0.2, 0.25) is 0 Å². The van der Waals surface area contributed by atoms with Crippen LogP contribution in [0.3, 0.4) is 0 Å². The molecule has 32 heavy (non-hydrogen) atoms. The third-order valence-electron chi connectivity index (χ3n) is 5.38. The molecule has 2 aromatic carbocycles. The van der Waals surface area contributed by atoms with Gasteiger partial charge in [0, 0.05) is 23.8 Å². The van der Waals surface area contributed by atoms with E-state index >= 15 is 0 Å². The first-order valence-corrected chi connectivity index (χ1v) is 10.4. The Bertz CT molecular complexity index is 1140. The van der Waals surface area contributed by atoms with E-state index in [0.717, 1.165) is 16.7 Å². The van der Waals surface area contributed by atoms with Crippen molar-refractivity contribution in [3.63, 3.8) is 0 Å². The Kier molecular flexibility index (Phi) is 5.32. The van der Waals surface area contributed by atoms with E-state index in [1.54, 1.807) is 27.0 Å². The number of methoxy groups -OCH3 is 1. The van der Waals surface area contributed by atoms with Crippen LogP contribution < -0.4 is 15.2 Å². The summed E-state index contributed by atoms with van der Waals surface area (Å²) in [5, 5.41) is 10.0. The molecule has 0 radical (unpaired) electrons. The molecule has 7 nitrogen and oxygen atoms in total. The molecule has 2 aliphatic rings. The summed E-state index contributed by atoms with van der Waals surface area (Å²) < 4.78 is 23.0. The van der Waals surface area contributed by atoms with Crippen LogP contribution >= 0.6 is 0 Å². The lowest BCUT2D eigenvalue weighted by atomic mass is 9.80. The average molecular weight is 437 g/mol. The topological polar surface area (TPSA) is 95.5 Å². The molecule has 1 spiro atoms. The van der Waals surface area contributed by atoms with Gasteiger partial charge in [0.15, 0.2) is 5.54 Å². The fraction of sp³-hybridized carbons (Fsp3) is 0.400. The van der Waals surface area contributed by atoms with Crippen LogP contribution in [0, 0.1) is 11.8 Å². The van der Waals surface area contributed by atoms with Gasteiger partial charge in [-0.05, 0) is 64.1 Å². The molecule has 0 aliphatic carbocycles. The molecule has 4 rings (SSSR count). The van der Waals surface area contributed by atoms with Crippen LogP contribution in [-0.2, 0) is 15.0 Å². The first-order valence-electron chi connectivity index (χ1n) is 10.4. The predicted molar refractivity (Wildman–Crippen MR) is 121 cm³/mol. The molecular weight excluding hydrogens is 408 g/mol. The van der Waals surface area contributed by atoms with Gasteiger partial charge >= 0.3 is 0 Å². The van der Waals surface area contributed by atoms with E-state index in [2.05, 4.69) is 11.8 Å².